The van der Waals surface area contributed by atoms with Crippen LogP contribution < -0.4 is 9.80 Å². The third-order valence-electron chi connectivity index (χ3n) is 5.93. The molecular weight excluding hydrogens is 387 g/mol. The van der Waals surface area contributed by atoms with E-state index in [1.807, 2.05) is 0 Å². The van der Waals surface area contributed by atoms with Crippen molar-refractivity contribution in [2.45, 2.75) is 31.5 Å². The summed E-state index contributed by atoms with van der Waals surface area (Å²) in [7, 11) is 1.32. The van der Waals surface area contributed by atoms with E-state index in [-0.39, 0.29) is 48.5 Å². The van der Waals surface area contributed by atoms with Crippen molar-refractivity contribution in [3.8, 4) is 0 Å². The SMILES string of the molecule is COC(=O)C[C@H]1[C@H]2CN(c3cc(C(F)(F)F)nc(N4CCC4C(F)F)n3)C[C@@H]12. The van der Waals surface area contributed by atoms with Gasteiger partial charge in [0.25, 0.3) is 6.43 Å². The number of alkyl halides is 5. The first kappa shape index (κ1) is 19.1. The summed E-state index contributed by atoms with van der Waals surface area (Å²) in [6, 6.07) is -0.298. The Morgan fingerprint density at radius 2 is 1.96 bits per heavy atom. The fourth-order valence-electron chi connectivity index (χ4n) is 4.19. The number of methoxy groups -OCH3 is 1. The van der Waals surface area contributed by atoms with Crippen molar-refractivity contribution in [2.24, 2.45) is 17.8 Å². The number of ether oxygens (including phenoxy) is 1. The third kappa shape index (κ3) is 3.35. The smallest absolute Gasteiger partial charge is 0.433 e. The van der Waals surface area contributed by atoms with Crippen LogP contribution in [0.5, 0.6) is 0 Å². The van der Waals surface area contributed by atoms with Gasteiger partial charge < -0.3 is 14.5 Å². The summed E-state index contributed by atoms with van der Waals surface area (Å²) in [5.41, 5.74) is -1.14. The highest BCUT2D eigenvalue weighted by atomic mass is 19.4. The lowest BCUT2D eigenvalue weighted by atomic mass is 10.1. The van der Waals surface area contributed by atoms with E-state index in [0.29, 0.717) is 19.5 Å². The minimum absolute atomic E-state index is 0.0845. The summed E-state index contributed by atoms with van der Waals surface area (Å²) in [6.45, 7) is 1.14. The number of carbonyl (C=O) groups is 1. The number of esters is 1. The van der Waals surface area contributed by atoms with Crippen LogP contribution in [0.2, 0.25) is 0 Å². The van der Waals surface area contributed by atoms with Crippen molar-refractivity contribution < 1.29 is 31.5 Å². The quantitative estimate of drug-likeness (QED) is 0.554. The minimum atomic E-state index is -4.70. The molecule has 154 valence electrons. The standard InChI is InChI=1S/C17H19F5N4O2/c1-28-14(27)4-8-9-6-25(7-10(8)9)13-5-12(17(20,21)22)23-16(24-13)26-3-2-11(26)15(18)19/h5,8-11,15H,2-4,6-7H2,1H3/t8-,9+,10-,11?. The number of hydrogen-bond donors (Lipinski definition) is 0. The predicted octanol–water partition coefficient (Wildman–Crippen LogP) is 2.58. The Morgan fingerprint density at radius 3 is 2.46 bits per heavy atom. The number of piperidine rings is 1. The maximum absolute atomic E-state index is 13.3. The molecule has 0 N–H and O–H groups in total. The fourth-order valence-corrected chi connectivity index (χ4v) is 4.19. The van der Waals surface area contributed by atoms with Gasteiger partial charge in [-0.3, -0.25) is 4.79 Å². The Balaban J connectivity index is 1.53. The summed E-state index contributed by atoms with van der Waals surface area (Å²) in [5.74, 6) is 0.0415. The van der Waals surface area contributed by atoms with E-state index < -0.39 is 24.3 Å². The van der Waals surface area contributed by atoms with Crippen LogP contribution >= 0.6 is 0 Å². The van der Waals surface area contributed by atoms with Gasteiger partial charge >= 0.3 is 12.1 Å². The highest BCUT2D eigenvalue weighted by Crippen LogP contribution is 2.54. The molecule has 0 spiro atoms. The lowest BCUT2D eigenvalue weighted by Gasteiger charge is -2.40. The van der Waals surface area contributed by atoms with Crippen molar-refractivity contribution >= 4 is 17.7 Å². The molecule has 1 unspecified atom stereocenters. The molecule has 0 bridgehead atoms. The molecule has 1 aromatic heterocycles. The summed E-state index contributed by atoms with van der Waals surface area (Å²) < 4.78 is 70.5. The van der Waals surface area contributed by atoms with E-state index >= 15 is 0 Å². The van der Waals surface area contributed by atoms with Crippen LogP contribution in [0, 0.1) is 17.8 Å². The largest absolute Gasteiger partial charge is 0.469 e. The fraction of sp³-hybridized carbons (Fsp3) is 0.706. The molecule has 2 aliphatic heterocycles. The molecule has 4 rings (SSSR count). The van der Waals surface area contributed by atoms with Crippen LogP contribution in [-0.2, 0) is 15.7 Å². The van der Waals surface area contributed by atoms with Gasteiger partial charge in [0, 0.05) is 32.1 Å². The molecule has 28 heavy (non-hydrogen) atoms. The second-order valence-electron chi connectivity index (χ2n) is 7.47. The van der Waals surface area contributed by atoms with Crippen LogP contribution in [0.3, 0.4) is 0 Å². The molecule has 3 aliphatic rings. The van der Waals surface area contributed by atoms with E-state index in [0.717, 1.165) is 11.0 Å². The van der Waals surface area contributed by atoms with Gasteiger partial charge in [0.15, 0.2) is 5.69 Å². The van der Waals surface area contributed by atoms with Crippen molar-refractivity contribution in [3.63, 3.8) is 0 Å². The zero-order valence-electron chi connectivity index (χ0n) is 15.0. The van der Waals surface area contributed by atoms with Crippen LogP contribution in [0.25, 0.3) is 0 Å². The molecule has 0 amide bonds. The maximum atomic E-state index is 13.3. The highest BCUT2D eigenvalue weighted by molar-refractivity contribution is 5.70. The average molecular weight is 406 g/mol. The molecule has 11 heteroatoms. The van der Waals surface area contributed by atoms with Crippen LogP contribution in [-0.4, -0.2) is 55.1 Å². The number of carbonyl (C=O) groups excluding carboxylic acids is 1. The van der Waals surface area contributed by atoms with E-state index in [9.17, 15) is 26.7 Å². The van der Waals surface area contributed by atoms with Gasteiger partial charge in [-0.05, 0) is 24.2 Å². The Kier molecular flexibility index (Phi) is 4.58. The van der Waals surface area contributed by atoms with Gasteiger partial charge in [0.05, 0.1) is 13.2 Å². The third-order valence-corrected chi connectivity index (χ3v) is 5.93. The minimum Gasteiger partial charge on any atom is -0.469 e. The molecule has 3 heterocycles. The number of rotatable bonds is 5. The molecule has 0 aromatic carbocycles. The Hall–Kier alpha value is -2.20. The Morgan fingerprint density at radius 1 is 1.29 bits per heavy atom. The molecule has 0 radical (unpaired) electrons. The number of anilines is 2. The number of hydrogen-bond acceptors (Lipinski definition) is 6. The molecule has 6 nitrogen and oxygen atoms in total. The summed E-state index contributed by atoms with van der Waals surface area (Å²) >= 11 is 0. The van der Waals surface area contributed by atoms with Crippen molar-refractivity contribution in [3.05, 3.63) is 11.8 Å². The predicted molar refractivity (Wildman–Crippen MR) is 88.1 cm³/mol. The van der Waals surface area contributed by atoms with Crippen LogP contribution in [0.4, 0.5) is 33.7 Å². The Labute approximate surface area is 157 Å². The monoisotopic (exact) mass is 406 g/mol. The van der Waals surface area contributed by atoms with Crippen molar-refractivity contribution in [1.29, 1.82) is 0 Å². The van der Waals surface area contributed by atoms with Gasteiger partial charge in [-0.2, -0.15) is 18.2 Å². The molecule has 1 saturated carbocycles. The molecule has 2 saturated heterocycles. The van der Waals surface area contributed by atoms with Crippen molar-refractivity contribution in [1.82, 2.24) is 9.97 Å². The number of halogens is 5. The van der Waals surface area contributed by atoms with Crippen LogP contribution in [0.1, 0.15) is 18.5 Å². The number of aromatic nitrogens is 2. The van der Waals surface area contributed by atoms with E-state index in [1.54, 1.807) is 4.90 Å². The lowest BCUT2D eigenvalue weighted by Crippen LogP contribution is -2.53. The molecular formula is C17H19F5N4O2. The zero-order valence-corrected chi connectivity index (χ0v) is 15.0. The molecule has 1 aliphatic carbocycles. The van der Waals surface area contributed by atoms with Gasteiger partial charge in [-0.15, -0.1) is 0 Å². The summed E-state index contributed by atoms with van der Waals surface area (Å²) in [4.78, 5) is 21.9. The van der Waals surface area contributed by atoms with Gasteiger partial charge in [-0.1, -0.05) is 0 Å². The first-order valence-corrected chi connectivity index (χ1v) is 9.02. The zero-order chi connectivity index (χ0) is 20.2. The first-order valence-electron chi connectivity index (χ1n) is 9.02. The Bertz CT molecular complexity index is 762. The number of fused-ring (bicyclic) bond motifs is 1. The van der Waals surface area contributed by atoms with E-state index in [2.05, 4.69) is 14.7 Å². The van der Waals surface area contributed by atoms with Gasteiger partial charge in [0.2, 0.25) is 5.95 Å². The first-order chi connectivity index (χ1) is 13.2. The van der Waals surface area contributed by atoms with Gasteiger partial charge in [0.1, 0.15) is 5.82 Å². The summed E-state index contributed by atoms with van der Waals surface area (Å²) in [6.07, 6.45) is -6.88. The molecule has 3 fully saturated rings. The average Bonchev–Trinajstić information content (AvgIpc) is 3.01. The number of nitrogens with zero attached hydrogens (tertiary/aromatic N) is 4. The van der Waals surface area contributed by atoms with E-state index in [4.69, 9.17) is 0 Å². The van der Waals surface area contributed by atoms with E-state index in [1.165, 1.54) is 7.11 Å². The normalized spacial score (nSPS) is 29.0. The molecule has 4 atom stereocenters. The highest BCUT2D eigenvalue weighted by Gasteiger charge is 2.56. The topological polar surface area (TPSA) is 58.6 Å². The molecule has 1 aromatic rings. The maximum Gasteiger partial charge on any atom is 0.433 e. The van der Waals surface area contributed by atoms with Gasteiger partial charge in [-0.25, -0.2) is 13.8 Å². The second-order valence-corrected chi connectivity index (χ2v) is 7.47. The lowest BCUT2D eigenvalue weighted by molar-refractivity contribution is -0.142. The summed E-state index contributed by atoms with van der Waals surface area (Å²) in [5, 5.41) is 0. The second kappa shape index (κ2) is 6.70. The van der Waals surface area contributed by atoms with Crippen LogP contribution in [0.15, 0.2) is 6.07 Å². The van der Waals surface area contributed by atoms with Crippen molar-refractivity contribution in [2.75, 3.05) is 36.5 Å².